The van der Waals surface area contributed by atoms with Gasteiger partial charge in [0.2, 0.25) is 0 Å². The van der Waals surface area contributed by atoms with Crippen molar-refractivity contribution in [2.45, 2.75) is 20.3 Å². The van der Waals surface area contributed by atoms with Crippen LogP contribution in [0.15, 0.2) is 6.07 Å². The Morgan fingerprint density at radius 1 is 1.73 bits per heavy atom. The van der Waals surface area contributed by atoms with Crippen LogP contribution in [0, 0.1) is 0 Å². The van der Waals surface area contributed by atoms with Gasteiger partial charge in [-0.3, -0.25) is 4.79 Å². The predicted octanol–water partition coefficient (Wildman–Crippen LogP) is 2.10. The van der Waals surface area contributed by atoms with Gasteiger partial charge in [0, 0.05) is 4.88 Å². The molecule has 3 heteroatoms. The zero-order valence-electron chi connectivity index (χ0n) is 6.68. The quantitative estimate of drug-likeness (QED) is 0.689. The van der Waals surface area contributed by atoms with Gasteiger partial charge in [0.25, 0.3) is 0 Å². The Kier molecular flexibility index (Phi) is 2.29. The molecule has 0 atom stereocenters. The molecule has 1 heterocycles. The zero-order chi connectivity index (χ0) is 8.43. The molecule has 2 nitrogen and oxygen atoms in total. The second-order valence-electron chi connectivity index (χ2n) is 2.40. The molecule has 0 amide bonds. The Morgan fingerprint density at radius 3 is 2.64 bits per heavy atom. The first-order valence-corrected chi connectivity index (χ1v) is 4.36. The van der Waals surface area contributed by atoms with Crippen LogP contribution in [-0.4, -0.2) is 5.78 Å². The highest BCUT2D eigenvalue weighted by atomic mass is 32.1. The Labute approximate surface area is 70.0 Å². The molecule has 0 aliphatic rings. The third-order valence-corrected chi connectivity index (χ3v) is 2.65. The topological polar surface area (TPSA) is 43.1 Å². The molecule has 0 radical (unpaired) electrons. The summed E-state index contributed by atoms with van der Waals surface area (Å²) in [6.07, 6.45) is 0.947. The summed E-state index contributed by atoms with van der Waals surface area (Å²) in [4.78, 5) is 12.1. The summed E-state index contributed by atoms with van der Waals surface area (Å²) in [5.74, 6) is 0.0541. The molecule has 60 valence electrons. The molecule has 0 unspecified atom stereocenters. The van der Waals surface area contributed by atoms with Crippen LogP contribution in [0.2, 0.25) is 0 Å². The molecular weight excluding hydrogens is 158 g/mol. The van der Waals surface area contributed by atoms with E-state index in [4.69, 9.17) is 5.73 Å². The molecule has 1 aromatic rings. The van der Waals surface area contributed by atoms with Gasteiger partial charge in [-0.1, -0.05) is 6.92 Å². The van der Waals surface area contributed by atoms with Gasteiger partial charge < -0.3 is 5.73 Å². The minimum atomic E-state index is 0.0541. The molecule has 2 N–H and O–H groups in total. The van der Waals surface area contributed by atoms with E-state index >= 15 is 0 Å². The largest absolute Gasteiger partial charge is 0.390 e. The van der Waals surface area contributed by atoms with Crippen LogP contribution in [0.25, 0.3) is 0 Å². The normalized spacial score (nSPS) is 10.0. The minimum Gasteiger partial charge on any atom is -0.390 e. The molecule has 1 rings (SSSR count). The average Bonchev–Trinajstić information content (AvgIpc) is 2.30. The van der Waals surface area contributed by atoms with Crippen molar-refractivity contribution in [3.8, 4) is 0 Å². The van der Waals surface area contributed by atoms with Crippen molar-refractivity contribution in [2.75, 3.05) is 5.73 Å². The number of nitrogens with two attached hydrogens (primary N) is 1. The lowest BCUT2D eigenvalue weighted by Crippen LogP contribution is -1.93. The standard InChI is InChI=1S/C8H11NOS/c1-3-6-4-7(5(2)10)8(9)11-6/h4H,3,9H2,1-2H3. The number of anilines is 1. The summed E-state index contributed by atoms with van der Waals surface area (Å²) >= 11 is 1.50. The van der Waals surface area contributed by atoms with Crippen molar-refractivity contribution in [3.05, 3.63) is 16.5 Å². The molecule has 0 fully saturated rings. The Balaban J connectivity index is 3.07. The molecule has 1 aromatic heterocycles. The van der Waals surface area contributed by atoms with Gasteiger partial charge in [-0.2, -0.15) is 0 Å². The summed E-state index contributed by atoms with van der Waals surface area (Å²) in [5, 5.41) is 0.648. The molecule has 0 saturated carbocycles. The van der Waals surface area contributed by atoms with E-state index in [2.05, 4.69) is 6.92 Å². The maximum absolute atomic E-state index is 10.9. The molecule has 0 bridgehead atoms. The van der Waals surface area contributed by atoms with Crippen LogP contribution < -0.4 is 5.73 Å². The first-order chi connectivity index (χ1) is 5.15. The molecule has 0 spiro atoms. The first kappa shape index (κ1) is 8.27. The monoisotopic (exact) mass is 169 g/mol. The molecular formula is C8H11NOS. The number of ketones is 1. The van der Waals surface area contributed by atoms with E-state index in [1.807, 2.05) is 6.07 Å². The van der Waals surface area contributed by atoms with E-state index in [9.17, 15) is 4.79 Å². The highest BCUT2D eigenvalue weighted by Crippen LogP contribution is 2.25. The van der Waals surface area contributed by atoms with Crippen molar-refractivity contribution in [2.24, 2.45) is 0 Å². The summed E-state index contributed by atoms with van der Waals surface area (Å²) in [6, 6.07) is 1.88. The zero-order valence-corrected chi connectivity index (χ0v) is 7.49. The lowest BCUT2D eigenvalue weighted by Gasteiger charge is -1.88. The van der Waals surface area contributed by atoms with Crippen LogP contribution in [0.4, 0.5) is 5.00 Å². The lowest BCUT2D eigenvalue weighted by atomic mass is 10.2. The smallest absolute Gasteiger partial charge is 0.162 e. The van der Waals surface area contributed by atoms with E-state index in [0.29, 0.717) is 10.6 Å². The molecule has 0 aromatic carbocycles. The van der Waals surface area contributed by atoms with Crippen LogP contribution in [0.1, 0.15) is 29.1 Å². The van der Waals surface area contributed by atoms with Gasteiger partial charge in [-0.25, -0.2) is 0 Å². The van der Waals surface area contributed by atoms with Crippen LogP contribution in [-0.2, 0) is 6.42 Å². The molecule has 0 aliphatic carbocycles. The first-order valence-electron chi connectivity index (χ1n) is 3.54. The van der Waals surface area contributed by atoms with Crippen molar-refractivity contribution in [1.29, 1.82) is 0 Å². The third kappa shape index (κ3) is 1.60. The molecule has 0 aliphatic heterocycles. The average molecular weight is 169 g/mol. The van der Waals surface area contributed by atoms with Gasteiger partial charge in [0.1, 0.15) is 0 Å². The fourth-order valence-corrected chi connectivity index (χ4v) is 1.82. The van der Waals surface area contributed by atoms with Gasteiger partial charge in [-0.05, 0) is 19.4 Å². The van der Waals surface area contributed by atoms with E-state index in [1.54, 1.807) is 0 Å². The molecule has 0 saturated heterocycles. The van der Waals surface area contributed by atoms with Crippen molar-refractivity contribution in [1.82, 2.24) is 0 Å². The number of hydrogen-bond donors (Lipinski definition) is 1. The summed E-state index contributed by atoms with van der Waals surface area (Å²) in [5.41, 5.74) is 6.29. The van der Waals surface area contributed by atoms with Crippen molar-refractivity contribution < 1.29 is 4.79 Å². The number of aryl methyl sites for hydroxylation is 1. The number of rotatable bonds is 2. The Morgan fingerprint density at radius 2 is 2.36 bits per heavy atom. The minimum absolute atomic E-state index is 0.0541. The number of Topliss-reactive ketones (excluding diaryl/α,β-unsaturated/α-hetero) is 1. The van der Waals surface area contributed by atoms with Gasteiger partial charge in [0.05, 0.1) is 10.6 Å². The van der Waals surface area contributed by atoms with Crippen LogP contribution in [0.3, 0.4) is 0 Å². The Bertz CT molecular complexity index is 278. The number of thiophene rings is 1. The van der Waals surface area contributed by atoms with E-state index in [-0.39, 0.29) is 5.78 Å². The van der Waals surface area contributed by atoms with Crippen molar-refractivity contribution >= 4 is 22.1 Å². The highest BCUT2D eigenvalue weighted by Gasteiger charge is 2.08. The molecule has 11 heavy (non-hydrogen) atoms. The number of carbonyl (C=O) groups excluding carboxylic acids is 1. The number of hydrogen-bond acceptors (Lipinski definition) is 3. The van der Waals surface area contributed by atoms with Gasteiger partial charge >= 0.3 is 0 Å². The maximum atomic E-state index is 10.9. The van der Waals surface area contributed by atoms with Crippen molar-refractivity contribution in [3.63, 3.8) is 0 Å². The summed E-state index contributed by atoms with van der Waals surface area (Å²) < 4.78 is 0. The van der Waals surface area contributed by atoms with Gasteiger partial charge in [0.15, 0.2) is 5.78 Å². The lowest BCUT2D eigenvalue weighted by molar-refractivity contribution is 0.101. The number of carbonyl (C=O) groups is 1. The highest BCUT2D eigenvalue weighted by molar-refractivity contribution is 7.16. The van der Waals surface area contributed by atoms with Gasteiger partial charge in [-0.15, -0.1) is 11.3 Å². The Hall–Kier alpha value is -0.830. The second kappa shape index (κ2) is 3.05. The fourth-order valence-electron chi connectivity index (χ4n) is 0.907. The summed E-state index contributed by atoms with van der Waals surface area (Å²) in [6.45, 7) is 3.59. The second-order valence-corrected chi connectivity index (χ2v) is 3.57. The third-order valence-electron chi connectivity index (χ3n) is 1.54. The van der Waals surface area contributed by atoms with E-state index in [0.717, 1.165) is 6.42 Å². The van der Waals surface area contributed by atoms with E-state index < -0.39 is 0 Å². The van der Waals surface area contributed by atoms with Crippen LogP contribution in [0.5, 0.6) is 0 Å². The SMILES string of the molecule is CCc1cc(C(C)=O)c(N)s1. The summed E-state index contributed by atoms with van der Waals surface area (Å²) in [7, 11) is 0. The fraction of sp³-hybridized carbons (Fsp3) is 0.375. The number of nitrogen functional groups attached to an aromatic ring is 1. The predicted molar refractivity (Wildman–Crippen MR) is 48.1 cm³/mol. The maximum Gasteiger partial charge on any atom is 0.162 e. The van der Waals surface area contributed by atoms with Crippen LogP contribution >= 0.6 is 11.3 Å². The van der Waals surface area contributed by atoms with E-state index in [1.165, 1.54) is 23.1 Å².